The Morgan fingerprint density at radius 1 is 1.21 bits per heavy atom. The predicted molar refractivity (Wildman–Crippen MR) is 121 cm³/mol. The summed E-state index contributed by atoms with van der Waals surface area (Å²) in [6.45, 7) is 4.81. The van der Waals surface area contributed by atoms with Crippen molar-refractivity contribution in [2.75, 3.05) is 26.4 Å². The van der Waals surface area contributed by atoms with Crippen LogP contribution in [0.15, 0.2) is 24.3 Å². The molecule has 0 aromatic heterocycles. The summed E-state index contributed by atoms with van der Waals surface area (Å²) in [5.74, 6) is 0.562. The molecule has 4 aliphatic rings. The van der Waals surface area contributed by atoms with Crippen molar-refractivity contribution in [3.05, 3.63) is 29.8 Å². The summed E-state index contributed by atoms with van der Waals surface area (Å²) in [4.78, 5) is 27.0. The molecule has 4 heterocycles. The highest BCUT2D eigenvalue weighted by atomic mass is 16.5. The van der Waals surface area contributed by atoms with Crippen molar-refractivity contribution >= 4 is 11.9 Å². The molecule has 3 fully saturated rings. The van der Waals surface area contributed by atoms with Crippen molar-refractivity contribution in [3.63, 3.8) is 0 Å². The van der Waals surface area contributed by atoms with E-state index in [1.807, 2.05) is 31.2 Å². The maximum atomic E-state index is 13.4. The number of carboxylic acid groups (broad SMARTS) is 1. The van der Waals surface area contributed by atoms with Gasteiger partial charge in [0.1, 0.15) is 11.4 Å². The van der Waals surface area contributed by atoms with Crippen molar-refractivity contribution in [2.24, 2.45) is 11.8 Å². The lowest BCUT2D eigenvalue weighted by molar-refractivity contribution is -0.180. The Bertz CT molecular complexity index is 899. The van der Waals surface area contributed by atoms with Crippen LogP contribution in [0.3, 0.4) is 0 Å². The molecule has 7 heteroatoms. The van der Waals surface area contributed by atoms with Gasteiger partial charge in [-0.25, -0.2) is 0 Å². The Kier molecular flexibility index (Phi) is 6.12. The van der Waals surface area contributed by atoms with Gasteiger partial charge in [-0.3, -0.25) is 9.59 Å². The van der Waals surface area contributed by atoms with Crippen LogP contribution in [-0.2, 0) is 19.1 Å². The van der Waals surface area contributed by atoms with Crippen LogP contribution in [-0.4, -0.2) is 59.4 Å². The number of carbonyl (C=O) groups is 2. The van der Waals surface area contributed by atoms with Gasteiger partial charge >= 0.3 is 5.97 Å². The molecule has 0 radical (unpaired) electrons. The Labute approximate surface area is 195 Å². The van der Waals surface area contributed by atoms with E-state index in [9.17, 15) is 14.7 Å². The van der Waals surface area contributed by atoms with Gasteiger partial charge in [0.05, 0.1) is 18.2 Å². The molecule has 180 valence electrons. The molecule has 5 rings (SSSR count). The van der Waals surface area contributed by atoms with E-state index in [1.165, 1.54) is 0 Å². The summed E-state index contributed by atoms with van der Waals surface area (Å²) in [6, 6.07) is 7.92. The molecule has 4 aliphatic heterocycles. The quantitative estimate of drug-likeness (QED) is 0.721. The van der Waals surface area contributed by atoms with Crippen molar-refractivity contribution < 1.29 is 28.9 Å². The molecule has 1 aromatic rings. The summed E-state index contributed by atoms with van der Waals surface area (Å²) < 4.78 is 18.5. The number of hydrogen-bond donors (Lipinski definition) is 1. The van der Waals surface area contributed by atoms with Crippen LogP contribution in [0.2, 0.25) is 0 Å². The molecule has 0 saturated carbocycles. The first-order valence-electron chi connectivity index (χ1n) is 12.4. The van der Waals surface area contributed by atoms with Gasteiger partial charge in [0.15, 0.2) is 0 Å². The zero-order valence-corrected chi connectivity index (χ0v) is 19.5. The van der Waals surface area contributed by atoms with Crippen LogP contribution in [0, 0.1) is 11.8 Å². The van der Waals surface area contributed by atoms with Crippen LogP contribution in [0.4, 0.5) is 0 Å². The summed E-state index contributed by atoms with van der Waals surface area (Å²) in [6.07, 6.45) is 5.46. The Morgan fingerprint density at radius 3 is 2.79 bits per heavy atom. The lowest BCUT2D eigenvalue weighted by Gasteiger charge is -2.54. The van der Waals surface area contributed by atoms with Gasteiger partial charge in [-0.2, -0.15) is 0 Å². The van der Waals surface area contributed by atoms with E-state index in [-0.39, 0.29) is 29.9 Å². The monoisotopic (exact) mass is 457 g/mol. The number of carboxylic acids is 1. The van der Waals surface area contributed by atoms with Gasteiger partial charge in [-0.1, -0.05) is 18.2 Å². The van der Waals surface area contributed by atoms with Gasteiger partial charge < -0.3 is 24.2 Å². The lowest BCUT2D eigenvalue weighted by Crippen LogP contribution is -2.60. The number of nitrogens with zero attached hydrogens (tertiary/aromatic N) is 1. The van der Waals surface area contributed by atoms with E-state index in [2.05, 4.69) is 4.90 Å². The molecule has 1 spiro atoms. The molecule has 1 aromatic carbocycles. The molecule has 0 unspecified atom stereocenters. The molecule has 33 heavy (non-hydrogen) atoms. The van der Waals surface area contributed by atoms with Crippen molar-refractivity contribution in [3.8, 4) is 5.75 Å². The summed E-state index contributed by atoms with van der Waals surface area (Å²) in [5, 5.41) is 9.38. The average Bonchev–Trinajstić information content (AvgIpc) is 3.21. The maximum absolute atomic E-state index is 13.4. The van der Waals surface area contributed by atoms with Gasteiger partial charge in [0, 0.05) is 44.1 Å². The largest absolute Gasteiger partial charge is 0.487 e. The van der Waals surface area contributed by atoms with Crippen LogP contribution >= 0.6 is 0 Å². The van der Waals surface area contributed by atoms with Gasteiger partial charge in [0.2, 0.25) is 5.91 Å². The first kappa shape index (κ1) is 22.7. The molecule has 7 nitrogen and oxygen atoms in total. The third-order valence-corrected chi connectivity index (χ3v) is 8.39. The number of rotatable bonds is 5. The number of para-hydroxylation sites is 1. The Hall–Kier alpha value is -2.12. The predicted octanol–water partition coefficient (Wildman–Crippen LogP) is 3.96. The number of ether oxygens (including phenoxy) is 3. The fourth-order valence-corrected chi connectivity index (χ4v) is 6.50. The van der Waals surface area contributed by atoms with E-state index < -0.39 is 11.6 Å². The van der Waals surface area contributed by atoms with E-state index in [0.717, 1.165) is 63.2 Å². The minimum atomic E-state index is -0.823. The van der Waals surface area contributed by atoms with Crippen molar-refractivity contribution in [1.82, 2.24) is 4.90 Å². The number of hydrogen-bond acceptors (Lipinski definition) is 5. The lowest BCUT2D eigenvalue weighted by atomic mass is 9.68. The minimum absolute atomic E-state index is 0.0167. The average molecular weight is 458 g/mol. The maximum Gasteiger partial charge on any atom is 0.303 e. The van der Waals surface area contributed by atoms with E-state index in [0.29, 0.717) is 25.4 Å². The van der Waals surface area contributed by atoms with Crippen LogP contribution in [0.1, 0.15) is 70.0 Å². The molecule has 0 aliphatic carbocycles. The molecule has 3 saturated heterocycles. The molecule has 4 atom stereocenters. The summed E-state index contributed by atoms with van der Waals surface area (Å²) in [7, 11) is 0. The standard InChI is InChI=1S/C26H35NO6/c1-25(11-7-23(29)30)20-16-26(17-32-24(20)19-5-2-3-6-21(19)33-25)10-4-12-27(26)22(28)15-18-8-13-31-14-9-18/h2-3,5-6,18,20,24H,4,7-17H2,1H3,(H,29,30)/t20-,24+,25+,26+/m1/s1. The normalized spacial score (nSPS) is 33.9. The number of fused-ring (bicyclic) bond motifs is 3. The number of carbonyl (C=O) groups excluding carboxylic acids is 1. The van der Waals surface area contributed by atoms with Gasteiger partial charge in [-0.05, 0) is 57.4 Å². The second kappa shape index (κ2) is 8.91. The Morgan fingerprint density at radius 2 is 2.00 bits per heavy atom. The second-order valence-electron chi connectivity index (χ2n) is 10.5. The van der Waals surface area contributed by atoms with Crippen LogP contribution < -0.4 is 4.74 Å². The molecule has 1 N–H and O–H groups in total. The van der Waals surface area contributed by atoms with Crippen LogP contribution in [0.25, 0.3) is 0 Å². The van der Waals surface area contributed by atoms with Crippen molar-refractivity contribution in [2.45, 2.75) is 75.5 Å². The molecular formula is C26H35NO6. The third kappa shape index (κ3) is 4.26. The Balaban J connectivity index is 1.40. The van der Waals surface area contributed by atoms with E-state index in [4.69, 9.17) is 14.2 Å². The molecular weight excluding hydrogens is 422 g/mol. The zero-order valence-electron chi connectivity index (χ0n) is 19.5. The highest BCUT2D eigenvalue weighted by Crippen LogP contribution is 2.55. The number of aliphatic carboxylic acids is 1. The first-order chi connectivity index (χ1) is 15.9. The number of likely N-dealkylation sites (tertiary alicyclic amines) is 1. The second-order valence-corrected chi connectivity index (χ2v) is 10.5. The SMILES string of the molecule is C[C@@]1(CCC(=O)O)Oc2ccccc2[C@@H]2OC[C@]3(CCCN3C(=O)CC3CCOCC3)C[C@H]21. The highest BCUT2D eigenvalue weighted by molar-refractivity contribution is 5.78. The fourth-order valence-electron chi connectivity index (χ4n) is 6.50. The number of amides is 1. The number of benzene rings is 1. The first-order valence-corrected chi connectivity index (χ1v) is 12.4. The minimum Gasteiger partial charge on any atom is -0.487 e. The van der Waals surface area contributed by atoms with E-state index in [1.54, 1.807) is 0 Å². The molecule has 1 amide bonds. The topological polar surface area (TPSA) is 85.3 Å². The zero-order chi connectivity index (χ0) is 23.1. The van der Waals surface area contributed by atoms with Crippen LogP contribution in [0.5, 0.6) is 5.75 Å². The van der Waals surface area contributed by atoms with Crippen molar-refractivity contribution in [1.29, 1.82) is 0 Å². The third-order valence-electron chi connectivity index (χ3n) is 8.39. The van der Waals surface area contributed by atoms with Gasteiger partial charge in [0.25, 0.3) is 0 Å². The fraction of sp³-hybridized carbons (Fsp3) is 0.692. The molecule has 0 bridgehead atoms. The summed E-state index contributed by atoms with van der Waals surface area (Å²) in [5.41, 5.74) is 0.0371. The summed E-state index contributed by atoms with van der Waals surface area (Å²) >= 11 is 0. The smallest absolute Gasteiger partial charge is 0.303 e. The van der Waals surface area contributed by atoms with E-state index >= 15 is 0 Å². The van der Waals surface area contributed by atoms with Gasteiger partial charge in [-0.15, -0.1) is 0 Å². The highest BCUT2D eigenvalue weighted by Gasteiger charge is 2.57.